The van der Waals surface area contributed by atoms with E-state index in [1.54, 1.807) is 0 Å². The fourth-order valence-electron chi connectivity index (χ4n) is 2.22. The maximum absolute atomic E-state index is 12.0. The summed E-state index contributed by atoms with van der Waals surface area (Å²) in [4.78, 5) is 12.0. The van der Waals surface area contributed by atoms with E-state index in [-0.39, 0.29) is 11.8 Å². The number of carbonyl (C=O) groups excluding carboxylic acids is 1. The van der Waals surface area contributed by atoms with E-state index in [0.717, 1.165) is 35.1 Å². The number of para-hydroxylation sites is 1. The van der Waals surface area contributed by atoms with Crippen molar-refractivity contribution in [2.75, 3.05) is 16.8 Å². The second-order valence-electron chi connectivity index (χ2n) is 4.99. The van der Waals surface area contributed by atoms with E-state index in [9.17, 15) is 4.79 Å². The Morgan fingerprint density at radius 1 is 1.05 bits per heavy atom. The third kappa shape index (κ3) is 3.79. The number of hydrogen-bond acceptors (Lipinski definition) is 3. The van der Waals surface area contributed by atoms with Crippen LogP contribution in [-0.4, -0.2) is 17.4 Å². The molecular formula is C17H17NO2S. The quantitative estimate of drug-likeness (QED) is 0.920. The van der Waals surface area contributed by atoms with Gasteiger partial charge in [0.15, 0.2) is 0 Å². The van der Waals surface area contributed by atoms with E-state index in [1.807, 2.05) is 66.4 Å². The summed E-state index contributed by atoms with van der Waals surface area (Å²) in [5.41, 5.74) is 0.817. The van der Waals surface area contributed by atoms with Crippen molar-refractivity contribution in [2.45, 2.75) is 6.42 Å². The summed E-state index contributed by atoms with van der Waals surface area (Å²) in [6, 6.07) is 17.1. The lowest BCUT2D eigenvalue weighted by Crippen LogP contribution is -2.22. The molecule has 108 valence electrons. The van der Waals surface area contributed by atoms with Gasteiger partial charge in [0.1, 0.15) is 11.5 Å². The van der Waals surface area contributed by atoms with Crippen LogP contribution in [-0.2, 0) is 4.79 Å². The van der Waals surface area contributed by atoms with Crippen molar-refractivity contribution >= 4 is 23.4 Å². The third-order valence-corrected chi connectivity index (χ3v) is 4.56. The molecule has 1 amide bonds. The molecule has 1 saturated heterocycles. The highest BCUT2D eigenvalue weighted by Crippen LogP contribution is 2.26. The molecule has 1 atom stereocenters. The summed E-state index contributed by atoms with van der Waals surface area (Å²) in [5, 5.41) is 2.97. The smallest absolute Gasteiger partial charge is 0.228 e. The van der Waals surface area contributed by atoms with E-state index in [2.05, 4.69) is 5.32 Å². The first-order chi connectivity index (χ1) is 10.3. The van der Waals surface area contributed by atoms with Crippen molar-refractivity contribution < 1.29 is 9.53 Å². The van der Waals surface area contributed by atoms with Crippen LogP contribution in [0.1, 0.15) is 6.42 Å². The van der Waals surface area contributed by atoms with Gasteiger partial charge in [-0.3, -0.25) is 4.79 Å². The van der Waals surface area contributed by atoms with Crippen LogP contribution >= 0.6 is 11.8 Å². The number of ether oxygens (including phenoxy) is 1. The summed E-state index contributed by atoms with van der Waals surface area (Å²) in [5.74, 6) is 3.85. The summed E-state index contributed by atoms with van der Waals surface area (Å²) in [7, 11) is 0. The van der Waals surface area contributed by atoms with Gasteiger partial charge in [-0.1, -0.05) is 18.2 Å². The number of thioether (sulfide) groups is 1. The lowest BCUT2D eigenvalue weighted by atomic mass is 10.1. The minimum atomic E-state index is 0.122. The van der Waals surface area contributed by atoms with Crippen LogP contribution in [0.15, 0.2) is 54.6 Å². The second kappa shape index (κ2) is 6.68. The first-order valence-corrected chi connectivity index (χ1v) is 8.18. The number of nitrogens with one attached hydrogen (secondary N) is 1. The van der Waals surface area contributed by atoms with E-state index in [4.69, 9.17) is 4.74 Å². The van der Waals surface area contributed by atoms with Gasteiger partial charge >= 0.3 is 0 Å². The SMILES string of the molecule is O=C(Nc1ccc(Oc2ccccc2)cc1)C1CCSC1. The maximum Gasteiger partial charge on any atom is 0.228 e. The van der Waals surface area contributed by atoms with Gasteiger partial charge in [0.05, 0.1) is 0 Å². The summed E-state index contributed by atoms with van der Waals surface area (Å²) < 4.78 is 5.72. The van der Waals surface area contributed by atoms with Gasteiger partial charge in [-0.25, -0.2) is 0 Å². The molecule has 21 heavy (non-hydrogen) atoms. The monoisotopic (exact) mass is 299 g/mol. The van der Waals surface area contributed by atoms with Crippen molar-refractivity contribution in [1.82, 2.24) is 0 Å². The number of hydrogen-bond donors (Lipinski definition) is 1. The Morgan fingerprint density at radius 2 is 1.76 bits per heavy atom. The molecule has 3 nitrogen and oxygen atoms in total. The molecule has 3 rings (SSSR count). The van der Waals surface area contributed by atoms with E-state index < -0.39 is 0 Å². The van der Waals surface area contributed by atoms with Crippen LogP contribution in [0.25, 0.3) is 0 Å². The van der Waals surface area contributed by atoms with Gasteiger partial charge < -0.3 is 10.1 Å². The van der Waals surface area contributed by atoms with Gasteiger partial charge in [0, 0.05) is 17.4 Å². The number of amides is 1. The van der Waals surface area contributed by atoms with Crippen molar-refractivity contribution in [2.24, 2.45) is 5.92 Å². The van der Waals surface area contributed by atoms with E-state index in [0.29, 0.717) is 0 Å². The maximum atomic E-state index is 12.0. The van der Waals surface area contributed by atoms with Gasteiger partial charge in [0.25, 0.3) is 0 Å². The average molecular weight is 299 g/mol. The minimum absolute atomic E-state index is 0.122. The Balaban J connectivity index is 1.60. The molecule has 4 heteroatoms. The molecule has 1 N–H and O–H groups in total. The van der Waals surface area contributed by atoms with Crippen LogP contribution in [0.2, 0.25) is 0 Å². The summed E-state index contributed by atoms with van der Waals surface area (Å²) in [6.07, 6.45) is 0.978. The van der Waals surface area contributed by atoms with Gasteiger partial charge in [-0.2, -0.15) is 11.8 Å². The molecule has 1 heterocycles. The predicted octanol–water partition coefficient (Wildman–Crippen LogP) is 4.17. The molecule has 2 aromatic rings. The number of anilines is 1. The fraction of sp³-hybridized carbons (Fsp3) is 0.235. The zero-order valence-corrected chi connectivity index (χ0v) is 12.4. The third-order valence-electron chi connectivity index (χ3n) is 3.40. The van der Waals surface area contributed by atoms with Gasteiger partial charge in [-0.15, -0.1) is 0 Å². The van der Waals surface area contributed by atoms with Crippen molar-refractivity contribution in [3.63, 3.8) is 0 Å². The van der Waals surface area contributed by atoms with E-state index >= 15 is 0 Å². The molecule has 0 aromatic heterocycles. The number of rotatable bonds is 4. The highest BCUT2D eigenvalue weighted by Gasteiger charge is 2.22. The lowest BCUT2D eigenvalue weighted by molar-refractivity contribution is -0.119. The normalized spacial score (nSPS) is 17.4. The molecule has 0 saturated carbocycles. The molecular weight excluding hydrogens is 282 g/mol. The molecule has 0 radical (unpaired) electrons. The van der Waals surface area contributed by atoms with Crippen LogP contribution in [0.4, 0.5) is 5.69 Å². The van der Waals surface area contributed by atoms with Gasteiger partial charge in [0.2, 0.25) is 5.91 Å². The van der Waals surface area contributed by atoms with Crippen LogP contribution in [0, 0.1) is 5.92 Å². The Morgan fingerprint density at radius 3 is 2.43 bits per heavy atom. The largest absolute Gasteiger partial charge is 0.457 e. The Bertz CT molecular complexity index is 592. The molecule has 0 aliphatic carbocycles. The van der Waals surface area contributed by atoms with E-state index in [1.165, 1.54) is 0 Å². The van der Waals surface area contributed by atoms with Crippen LogP contribution in [0.3, 0.4) is 0 Å². The zero-order valence-electron chi connectivity index (χ0n) is 11.6. The molecule has 1 aliphatic heterocycles. The summed E-state index contributed by atoms with van der Waals surface area (Å²) >= 11 is 1.84. The fourth-order valence-corrected chi connectivity index (χ4v) is 3.44. The molecule has 0 bridgehead atoms. The highest BCUT2D eigenvalue weighted by atomic mass is 32.2. The molecule has 2 aromatic carbocycles. The number of benzene rings is 2. The zero-order chi connectivity index (χ0) is 14.5. The Kier molecular flexibility index (Phi) is 4.46. The van der Waals surface area contributed by atoms with Crippen LogP contribution < -0.4 is 10.1 Å². The second-order valence-corrected chi connectivity index (χ2v) is 6.14. The van der Waals surface area contributed by atoms with Crippen LogP contribution in [0.5, 0.6) is 11.5 Å². The topological polar surface area (TPSA) is 38.3 Å². The molecule has 1 fully saturated rings. The van der Waals surface area contributed by atoms with Crippen molar-refractivity contribution in [3.8, 4) is 11.5 Å². The van der Waals surface area contributed by atoms with Gasteiger partial charge in [-0.05, 0) is 48.6 Å². The first-order valence-electron chi connectivity index (χ1n) is 7.03. The summed E-state index contributed by atoms with van der Waals surface area (Å²) in [6.45, 7) is 0. The average Bonchev–Trinajstić information content (AvgIpc) is 3.05. The highest BCUT2D eigenvalue weighted by molar-refractivity contribution is 7.99. The number of carbonyl (C=O) groups is 1. The Labute approximate surface area is 128 Å². The van der Waals surface area contributed by atoms with Crippen molar-refractivity contribution in [3.05, 3.63) is 54.6 Å². The van der Waals surface area contributed by atoms with Crippen molar-refractivity contribution in [1.29, 1.82) is 0 Å². The molecule has 1 unspecified atom stereocenters. The minimum Gasteiger partial charge on any atom is -0.457 e. The standard InChI is InChI=1S/C17H17NO2S/c19-17(13-10-11-21-12-13)18-14-6-8-16(9-7-14)20-15-4-2-1-3-5-15/h1-9,13H,10-12H2,(H,18,19). The first kappa shape index (κ1) is 14.0. The predicted molar refractivity (Wildman–Crippen MR) is 87.0 cm³/mol. The Hall–Kier alpha value is -1.94. The molecule has 1 aliphatic rings. The molecule has 0 spiro atoms. The lowest BCUT2D eigenvalue weighted by Gasteiger charge is -2.10.